The quantitative estimate of drug-likeness (QED) is 0.775. The number of hydrogen-bond donors (Lipinski definition) is 0. The number of carbonyl (C=O) groups is 1. The minimum absolute atomic E-state index is 0.0464. The van der Waals surface area contributed by atoms with Crippen molar-refractivity contribution < 1.29 is 9.53 Å². The van der Waals surface area contributed by atoms with E-state index in [0.717, 1.165) is 57.7 Å². The van der Waals surface area contributed by atoms with Gasteiger partial charge >= 0.3 is 0 Å². The van der Waals surface area contributed by atoms with E-state index in [1.54, 1.807) is 11.3 Å². The molecule has 1 saturated heterocycles. The first kappa shape index (κ1) is 16.3. The maximum absolute atomic E-state index is 13.0. The van der Waals surface area contributed by atoms with Crippen molar-refractivity contribution in [3.63, 3.8) is 0 Å². The Morgan fingerprint density at radius 1 is 1.15 bits per heavy atom. The van der Waals surface area contributed by atoms with E-state index < -0.39 is 0 Å². The van der Waals surface area contributed by atoms with E-state index in [2.05, 4.69) is 27.4 Å². The van der Waals surface area contributed by atoms with Gasteiger partial charge in [0.15, 0.2) is 0 Å². The van der Waals surface area contributed by atoms with Crippen LogP contribution in [0, 0.1) is 0 Å². The number of hydrogen-bond acceptors (Lipinski definition) is 5. The number of pyridine rings is 1. The number of anilines is 1. The number of ether oxygens (including phenoxy) is 1. The molecular weight excluding hydrogens is 346 g/mol. The first-order chi connectivity index (χ1) is 12.7. The molecule has 1 spiro atoms. The van der Waals surface area contributed by atoms with Crippen molar-refractivity contribution in [2.24, 2.45) is 0 Å². The summed E-state index contributed by atoms with van der Waals surface area (Å²) in [5.41, 5.74) is 3.06. The van der Waals surface area contributed by atoms with Crippen LogP contribution in [0.1, 0.15) is 39.3 Å². The third kappa shape index (κ3) is 2.47. The molecule has 136 valence electrons. The highest BCUT2D eigenvalue weighted by Crippen LogP contribution is 2.44. The highest BCUT2D eigenvalue weighted by molar-refractivity contribution is 7.10. The average Bonchev–Trinajstić information content (AvgIpc) is 3.30. The lowest BCUT2D eigenvalue weighted by atomic mass is 9.85. The standard InChI is InChI=1S/C20H23N3O2S/c1-22-9-4-15-2-3-16(21-18(15)22)19(24)23-10-7-20(8-11-23)17-14(5-12-25-20)6-13-26-17/h2-3,6,13H,4-5,7-12H2,1H3. The number of aromatic nitrogens is 1. The van der Waals surface area contributed by atoms with Gasteiger partial charge < -0.3 is 14.5 Å². The fourth-order valence-corrected chi connectivity index (χ4v) is 5.64. The van der Waals surface area contributed by atoms with Crippen LogP contribution in [-0.4, -0.2) is 49.1 Å². The molecule has 5 nitrogen and oxygen atoms in total. The van der Waals surface area contributed by atoms with Gasteiger partial charge in [-0.05, 0) is 54.3 Å². The second kappa shape index (κ2) is 6.06. The van der Waals surface area contributed by atoms with Gasteiger partial charge in [0.1, 0.15) is 17.1 Å². The molecule has 1 fully saturated rings. The molecule has 2 aromatic heterocycles. The molecule has 6 heteroatoms. The first-order valence-electron chi connectivity index (χ1n) is 9.37. The van der Waals surface area contributed by atoms with Crippen molar-refractivity contribution in [1.82, 2.24) is 9.88 Å². The normalized spacial score (nSPS) is 21.0. The average molecular weight is 369 g/mol. The molecule has 0 saturated carbocycles. The summed E-state index contributed by atoms with van der Waals surface area (Å²) in [6.45, 7) is 3.22. The lowest BCUT2D eigenvalue weighted by Gasteiger charge is -2.43. The monoisotopic (exact) mass is 369 g/mol. The molecule has 5 heterocycles. The molecule has 0 radical (unpaired) electrons. The summed E-state index contributed by atoms with van der Waals surface area (Å²) in [4.78, 5) is 23.1. The summed E-state index contributed by atoms with van der Waals surface area (Å²) in [5, 5.41) is 2.17. The molecular formula is C20H23N3O2S. The summed E-state index contributed by atoms with van der Waals surface area (Å²) in [6, 6.07) is 6.18. The van der Waals surface area contributed by atoms with Gasteiger partial charge in [-0.3, -0.25) is 4.79 Å². The molecule has 0 unspecified atom stereocenters. The third-order valence-corrected chi connectivity index (χ3v) is 7.16. The Bertz CT molecular complexity index is 854. The maximum atomic E-state index is 13.0. The maximum Gasteiger partial charge on any atom is 0.272 e. The number of fused-ring (bicyclic) bond motifs is 3. The molecule has 0 atom stereocenters. The van der Waals surface area contributed by atoms with Crippen LogP contribution in [-0.2, 0) is 23.2 Å². The minimum Gasteiger partial charge on any atom is -0.369 e. The largest absolute Gasteiger partial charge is 0.369 e. The molecule has 0 N–H and O–H groups in total. The Kier molecular flexibility index (Phi) is 3.79. The number of piperidine rings is 1. The molecule has 2 aromatic rings. The van der Waals surface area contributed by atoms with Gasteiger partial charge in [0.25, 0.3) is 5.91 Å². The Morgan fingerprint density at radius 2 is 2.00 bits per heavy atom. The second-order valence-electron chi connectivity index (χ2n) is 7.51. The number of thiophene rings is 1. The van der Waals surface area contributed by atoms with Crippen molar-refractivity contribution in [2.75, 3.05) is 38.2 Å². The summed E-state index contributed by atoms with van der Waals surface area (Å²) < 4.78 is 6.25. The Labute approximate surface area is 157 Å². The van der Waals surface area contributed by atoms with E-state index in [9.17, 15) is 4.79 Å². The molecule has 26 heavy (non-hydrogen) atoms. The number of likely N-dealkylation sites (tertiary alicyclic amines) is 1. The van der Waals surface area contributed by atoms with Crippen LogP contribution in [0.25, 0.3) is 0 Å². The van der Waals surface area contributed by atoms with E-state index in [-0.39, 0.29) is 11.5 Å². The number of rotatable bonds is 1. The van der Waals surface area contributed by atoms with E-state index in [0.29, 0.717) is 5.69 Å². The van der Waals surface area contributed by atoms with Gasteiger partial charge in [-0.2, -0.15) is 0 Å². The second-order valence-corrected chi connectivity index (χ2v) is 8.43. The zero-order valence-electron chi connectivity index (χ0n) is 15.0. The smallest absolute Gasteiger partial charge is 0.272 e. The molecule has 1 amide bonds. The predicted octanol–water partition coefficient (Wildman–Crippen LogP) is 2.84. The van der Waals surface area contributed by atoms with Crippen LogP contribution in [0.4, 0.5) is 5.82 Å². The summed E-state index contributed by atoms with van der Waals surface area (Å²) in [5.74, 6) is 1.01. The van der Waals surface area contributed by atoms with E-state index >= 15 is 0 Å². The van der Waals surface area contributed by atoms with Crippen molar-refractivity contribution in [3.05, 3.63) is 45.3 Å². The fourth-order valence-electron chi connectivity index (χ4n) is 4.47. The van der Waals surface area contributed by atoms with Crippen molar-refractivity contribution in [3.8, 4) is 0 Å². The topological polar surface area (TPSA) is 45.7 Å². The van der Waals surface area contributed by atoms with Crippen LogP contribution in [0.2, 0.25) is 0 Å². The SMILES string of the molecule is CN1CCc2ccc(C(=O)N3CCC4(CC3)OCCc3ccsc34)nc21. The number of likely N-dealkylation sites (N-methyl/N-ethyl adjacent to an activating group) is 1. The van der Waals surface area contributed by atoms with Crippen molar-refractivity contribution >= 4 is 23.1 Å². The molecule has 0 aromatic carbocycles. The molecule has 0 bridgehead atoms. The third-order valence-electron chi connectivity index (χ3n) is 6.02. The van der Waals surface area contributed by atoms with Gasteiger partial charge in [-0.15, -0.1) is 11.3 Å². The van der Waals surface area contributed by atoms with E-state index in [1.807, 2.05) is 18.0 Å². The lowest BCUT2D eigenvalue weighted by molar-refractivity contribution is -0.0906. The van der Waals surface area contributed by atoms with Crippen LogP contribution in [0.5, 0.6) is 0 Å². The first-order valence-corrected chi connectivity index (χ1v) is 10.3. The van der Waals surface area contributed by atoms with Crippen molar-refractivity contribution in [1.29, 1.82) is 0 Å². The summed E-state index contributed by atoms with van der Waals surface area (Å²) in [7, 11) is 2.04. The Morgan fingerprint density at radius 3 is 2.85 bits per heavy atom. The van der Waals surface area contributed by atoms with Crippen molar-refractivity contribution in [2.45, 2.75) is 31.3 Å². The molecule has 5 rings (SSSR count). The van der Waals surface area contributed by atoms with Crippen LogP contribution < -0.4 is 4.90 Å². The summed E-state index contributed by atoms with van der Waals surface area (Å²) in [6.07, 6.45) is 3.77. The minimum atomic E-state index is -0.176. The van der Waals surface area contributed by atoms with E-state index in [4.69, 9.17) is 4.74 Å². The predicted molar refractivity (Wildman–Crippen MR) is 102 cm³/mol. The van der Waals surface area contributed by atoms with E-state index in [1.165, 1.54) is 16.0 Å². The molecule has 3 aliphatic heterocycles. The van der Waals surface area contributed by atoms with Crippen LogP contribution in [0.15, 0.2) is 23.6 Å². The number of amides is 1. The summed E-state index contributed by atoms with van der Waals surface area (Å²) >= 11 is 1.80. The van der Waals surface area contributed by atoms with Crippen LogP contribution >= 0.6 is 11.3 Å². The zero-order chi connectivity index (χ0) is 17.7. The highest BCUT2D eigenvalue weighted by atomic mass is 32.1. The zero-order valence-corrected chi connectivity index (χ0v) is 15.8. The highest BCUT2D eigenvalue weighted by Gasteiger charge is 2.42. The van der Waals surface area contributed by atoms with Gasteiger partial charge in [0, 0.05) is 31.6 Å². The van der Waals surface area contributed by atoms with Gasteiger partial charge in [0.05, 0.1) is 6.61 Å². The lowest BCUT2D eigenvalue weighted by Crippen LogP contribution is -2.48. The molecule has 3 aliphatic rings. The Balaban J connectivity index is 1.34. The number of carbonyl (C=O) groups excluding carboxylic acids is 1. The van der Waals surface area contributed by atoms with Gasteiger partial charge in [0.2, 0.25) is 0 Å². The van der Waals surface area contributed by atoms with Gasteiger partial charge in [-0.25, -0.2) is 4.98 Å². The Hall–Kier alpha value is -1.92. The molecule has 0 aliphatic carbocycles. The number of nitrogens with zero attached hydrogens (tertiary/aromatic N) is 3. The van der Waals surface area contributed by atoms with Crippen LogP contribution in [0.3, 0.4) is 0 Å². The fraction of sp³-hybridized carbons (Fsp3) is 0.500. The van der Waals surface area contributed by atoms with Gasteiger partial charge in [-0.1, -0.05) is 6.07 Å².